The van der Waals surface area contributed by atoms with Gasteiger partial charge in [0.15, 0.2) is 0 Å². The number of hydrogen-bond donors (Lipinski definition) is 1. The third kappa shape index (κ3) is 5.31. The zero-order valence-electron chi connectivity index (χ0n) is 24.4. The van der Waals surface area contributed by atoms with E-state index < -0.39 is 22.6 Å². The lowest BCUT2D eigenvalue weighted by Gasteiger charge is -2.37. The molecule has 1 aromatic rings. The Morgan fingerprint density at radius 2 is 1.80 bits per heavy atom. The third-order valence-electron chi connectivity index (χ3n) is 8.94. The molecule has 41 heavy (non-hydrogen) atoms. The Balaban J connectivity index is 1.51. The summed E-state index contributed by atoms with van der Waals surface area (Å²) in [5.41, 5.74) is 0.768. The molecule has 8 nitrogen and oxygen atoms in total. The number of amides is 3. The van der Waals surface area contributed by atoms with Crippen LogP contribution in [-0.4, -0.2) is 87.6 Å². The Labute approximate surface area is 247 Å². The highest BCUT2D eigenvalue weighted by Gasteiger charge is 2.71. The van der Waals surface area contributed by atoms with Crippen LogP contribution < -0.4 is 9.64 Å². The van der Waals surface area contributed by atoms with Crippen LogP contribution in [0.3, 0.4) is 0 Å². The minimum absolute atomic E-state index is 0.0160. The molecule has 4 aliphatic heterocycles. The van der Waals surface area contributed by atoms with Crippen LogP contribution in [0.25, 0.3) is 0 Å². The molecule has 0 aromatic heterocycles. The van der Waals surface area contributed by atoms with Gasteiger partial charge in [0.1, 0.15) is 11.8 Å². The van der Waals surface area contributed by atoms with E-state index in [1.54, 1.807) is 21.6 Å². The van der Waals surface area contributed by atoms with Crippen molar-refractivity contribution in [1.29, 1.82) is 0 Å². The van der Waals surface area contributed by atoms with Gasteiger partial charge in [-0.1, -0.05) is 37.6 Å². The van der Waals surface area contributed by atoms with E-state index in [-0.39, 0.29) is 35.6 Å². The van der Waals surface area contributed by atoms with Crippen LogP contribution in [0.4, 0.5) is 5.69 Å². The van der Waals surface area contributed by atoms with Gasteiger partial charge in [-0.2, -0.15) is 0 Å². The summed E-state index contributed by atoms with van der Waals surface area (Å²) < 4.78 is 4.79. The Kier molecular flexibility index (Phi) is 9.14. The van der Waals surface area contributed by atoms with Crippen molar-refractivity contribution in [1.82, 2.24) is 9.80 Å². The average Bonchev–Trinajstić information content (AvgIpc) is 3.26. The number of anilines is 1. The monoisotopic (exact) mass is 581 g/mol. The molecule has 222 valence electrons. The second kappa shape index (κ2) is 12.6. The number of benzene rings is 1. The van der Waals surface area contributed by atoms with E-state index in [0.29, 0.717) is 39.1 Å². The second-order valence-electron chi connectivity index (χ2n) is 11.5. The molecule has 1 aromatic carbocycles. The van der Waals surface area contributed by atoms with Crippen molar-refractivity contribution in [3.8, 4) is 5.75 Å². The number of carbonyl (C=O) groups excluding carboxylic acids is 3. The van der Waals surface area contributed by atoms with Gasteiger partial charge < -0.3 is 24.5 Å². The molecule has 4 heterocycles. The SMILES string of the molecule is CCCC(C)N1CC=C[C@]23S[C@@H]4C=CCN(c5ccc(OCC)cc5)C(=O)[C@@H]4[C@H]2C(=O)N(CCCCCO)C3C1=O. The van der Waals surface area contributed by atoms with Gasteiger partial charge in [-0.3, -0.25) is 14.4 Å². The van der Waals surface area contributed by atoms with Crippen molar-refractivity contribution >= 4 is 35.2 Å². The molecule has 0 bridgehead atoms. The quantitative estimate of drug-likeness (QED) is 0.314. The van der Waals surface area contributed by atoms with E-state index >= 15 is 0 Å². The van der Waals surface area contributed by atoms with Crippen molar-refractivity contribution in [2.24, 2.45) is 11.8 Å². The molecule has 3 amide bonds. The zero-order chi connectivity index (χ0) is 29.1. The van der Waals surface area contributed by atoms with Crippen molar-refractivity contribution in [2.45, 2.75) is 75.0 Å². The summed E-state index contributed by atoms with van der Waals surface area (Å²) in [6.07, 6.45) is 12.2. The van der Waals surface area contributed by atoms with Gasteiger partial charge in [0.05, 0.1) is 23.2 Å². The number of rotatable bonds is 11. The highest BCUT2D eigenvalue weighted by Crippen LogP contribution is 2.61. The summed E-state index contributed by atoms with van der Waals surface area (Å²) in [6.45, 7) is 8.19. The second-order valence-corrected chi connectivity index (χ2v) is 13.0. The van der Waals surface area contributed by atoms with Gasteiger partial charge in [-0.15, -0.1) is 11.8 Å². The Hall–Kier alpha value is -2.78. The van der Waals surface area contributed by atoms with Crippen LogP contribution in [0, 0.1) is 11.8 Å². The van der Waals surface area contributed by atoms with Crippen LogP contribution in [0.2, 0.25) is 0 Å². The molecule has 2 fully saturated rings. The number of carbonyl (C=O) groups is 3. The van der Waals surface area contributed by atoms with Crippen molar-refractivity contribution < 1.29 is 24.2 Å². The maximum atomic E-state index is 14.4. The van der Waals surface area contributed by atoms with Crippen molar-refractivity contribution in [3.05, 3.63) is 48.6 Å². The first-order chi connectivity index (χ1) is 19.9. The van der Waals surface area contributed by atoms with Crippen LogP contribution in [-0.2, 0) is 14.4 Å². The number of aliphatic hydroxyl groups is 1. The van der Waals surface area contributed by atoms with Crippen molar-refractivity contribution in [3.63, 3.8) is 0 Å². The summed E-state index contributed by atoms with van der Waals surface area (Å²) in [4.78, 5) is 48.6. The predicted octanol–water partition coefficient (Wildman–Crippen LogP) is 4.04. The third-order valence-corrected chi connectivity index (χ3v) is 10.7. The molecule has 5 rings (SSSR count). The lowest BCUT2D eigenvalue weighted by molar-refractivity contribution is -0.143. The molecule has 0 radical (unpaired) electrons. The molecular weight excluding hydrogens is 538 g/mol. The molecule has 9 heteroatoms. The maximum absolute atomic E-state index is 14.4. The van der Waals surface area contributed by atoms with Gasteiger partial charge in [-0.25, -0.2) is 0 Å². The number of thioether (sulfide) groups is 1. The number of unbranched alkanes of at least 4 members (excludes halogenated alkanes) is 2. The molecule has 1 N–H and O–H groups in total. The van der Waals surface area contributed by atoms with Crippen molar-refractivity contribution in [2.75, 3.05) is 37.7 Å². The van der Waals surface area contributed by atoms with Gasteiger partial charge in [0, 0.05) is 43.2 Å². The van der Waals surface area contributed by atoms with Crippen LogP contribution >= 0.6 is 11.8 Å². The smallest absolute Gasteiger partial charge is 0.247 e. The molecule has 4 aliphatic rings. The molecule has 0 aliphatic carbocycles. The summed E-state index contributed by atoms with van der Waals surface area (Å²) in [6, 6.07) is 6.93. The number of hydrogen-bond acceptors (Lipinski definition) is 6. The van der Waals surface area contributed by atoms with E-state index in [0.717, 1.165) is 30.7 Å². The standard InChI is InChI=1S/C32H43N3O5S/c1-4-11-22(3)33-20-10-17-32-27(30(38)35(28(32)31(33)39)18-7-6-8-21-36)26-25(41-32)12-9-19-34(29(26)37)23-13-15-24(16-14-23)40-5-2/h9-10,12-17,22,25-28,36H,4-8,11,18-21H2,1-3H3/t22?,25-,26+,27+,28?,32+/m1/s1. The van der Waals surface area contributed by atoms with Gasteiger partial charge in [0.25, 0.3) is 0 Å². The Morgan fingerprint density at radius 1 is 1.02 bits per heavy atom. The van der Waals surface area contributed by atoms with Crippen LogP contribution in [0.1, 0.15) is 52.9 Å². The normalized spacial score (nSPS) is 29.8. The van der Waals surface area contributed by atoms with Gasteiger partial charge >= 0.3 is 0 Å². The predicted molar refractivity (Wildman–Crippen MR) is 162 cm³/mol. The first-order valence-electron chi connectivity index (χ1n) is 15.2. The molecule has 2 unspecified atom stereocenters. The molecule has 6 atom stereocenters. The molecule has 2 saturated heterocycles. The summed E-state index contributed by atoms with van der Waals surface area (Å²) in [5, 5.41) is 9.10. The Bertz CT molecular complexity index is 1190. The van der Waals surface area contributed by atoms with E-state index in [1.165, 1.54) is 0 Å². The number of aliphatic hydroxyl groups excluding tert-OH is 1. The summed E-state index contributed by atoms with van der Waals surface area (Å²) in [7, 11) is 0. The number of nitrogens with zero attached hydrogens (tertiary/aromatic N) is 3. The van der Waals surface area contributed by atoms with E-state index in [1.807, 2.05) is 42.2 Å². The van der Waals surface area contributed by atoms with Gasteiger partial charge in [0.2, 0.25) is 17.7 Å². The maximum Gasteiger partial charge on any atom is 0.247 e. The summed E-state index contributed by atoms with van der Waals surface area (Å²) >= 11 is 1.62. The first kappa shape index (κ1) is 29.7. The number of ether oxygens (including phenoxy) is 1. The fraction of sp³-hybridized carbons (Fsp3) is 0.594. The fourth-order valence-electron chi connectivity index (χ4n) is 7.06. The highest BCUT2D eigenvalue weighted by atomic mass is 32.2. The molecular formula is C32H43N3O5S. The van der Waals surface area contributed by atoms with E-state index in [2.05, 4.69) is 32.1 Å². The van der Waals surface area contributed by atoms with E-state index in [9.17, 15) is 19.5 Å². The highest BCUT2D eigenvalue weighted by molar-refractivity contribution is 8.02. The number of likely N-dealkylation sites (tertiary alicyclic amines) is 1. The number of fused-ring (bicyclic) bond motifs is 2. The van der Waals surface area contributed by atoms with Crippen LogP contribution in [0.15, 0.2) is 48.6 Å². The average molecular weight is 582 g/mol. The minimum atomic E-state index is -0.803. The summed E-state index contributed by atoms with van der Waals surface area (Å²) in [5.74, 6) is -0.636. The minimum Gasteiger partial charge on any atom is -0.494 e. The van der Waals surface area contributed by atoms with Gasteiger partial charge in [-0.05, 0) is 63.8 Å². The zero-order valence-corrected chi connectivity index (χ0v) is 25.2. The topological polar surface area (TPSA) is 90.4 Å². The van der Waals surface area contributed by atoms with Crippen LogP contribution in [0.5, 0.6) is 5.75 Å². The lowest BCUT2D eigenvalue weighted by atomic mass is 9.78. The van der Waals surface area contributed by atoms with E-state index in [4.69, 9.17) is 4.74 Å². The first-order valence-corrected chi connectivity index (χ1v) is 16.0. The fourth-order valence-corrected chi connectivity index (χ4v) is 9.06. The molecule has 1 spiro atoms. The Morgan fingerprint density at radius 3 is 2.51 bits per heavy atom. The lowest BCUT2D eigenvalue weighted by Crippen LogP contribution is -2.55. The largest absolute Gasteiger partial charge is 0.494 e. The molecule has 0 saturated carbocycles.